The van der Waals surface area contributed by atoms with Crippen LogP contribution in [0.1, 0.15) is 29.3 Å². The van der Waals surface area contributed by atoms with Gasteiger partial charge in [0.1, 0.15) is 0 Å². The molecule has 4 nitrogen and oxygen atoms in total. The molecule has 1 aromatic carbocycles. The van der Waals surface area contributed by atoms with E-state index >= 15 is 0 Å². The Kier molecular flexibility index (Phi) is 4.68. The van der Waals surface area contributed by atoms with Gasteiger partial charge < -0.3 is 4.74 Å². The molecule has 0 unspecified atom stereocenters. The smallest absolute Gasteiger partial charge is 0.0755 e. The average molecular weight is 285 g/mol. The Morgan fingerprint density at radius 3 is 2.95 bits per heavy atom. The molecule has 21 heavy (non-hydrogen) atoms. The third-order valence-electron chi connectivity index (χ3n) is 4.19. The van der Waals surface area contributed by atoms with Gasteiger partial charge in [-0.2, -0.15) is 5.10 Å². The molecular weight excluding hydrogens is 262 g/mol. The van der Waals surface area contributed by atoms with E-state index in [1.165, 1.54) is 23.2 Å². The summed E-state index contributed by atoms with van der Waals surface area (Å²) in [4.78, 5) is 2.52. The van der Waals surface area contributed by atoms with E-state index in [4.69, 9.17) is 4.74 Å². The first-order valence-corrected chi connectivity index (χ1v) is 7.70. The minimum atomic E-state index is 0.317. The fourth-order valence-corrected chi connectivity index (χ4v) is 3.00. The highest BCUT2D eigenvalue weighted by Crippen LogP contribution is 2.25. The van der Waals surface area contributed by atoms with Crippen LogP contribution in [0.3, 0.4) is 0 Å². The maximum atomic E-state index is 5.67. The summed E-state index contributed by atoms with van der Waals surface area (Å²) < 4.78 is 5.67. The summed E-state index contributed by atoms with van der Waals surface area (Å²) in [5, 5.41) is 7.29. The normalized spacial score (nSPS) is 19.8. The molecule has 4 heteroatoms. The van der Waals surface area contributed by atoms with Gasteiger partial charge in [0.25, 0.3) is 0 Å². The predicted octanol–water partition coefficient (Wildman–Crippen LogP) is 2.72. The van der Waals surface area contributed by atoms with E-state index in [2.05, 4.69) is 52.4 Å². The lowest BCUT2D eigenvalue weighted by atomic mass is 10.1. The molecule has 1 N–H and O–H groups in total. The molecule has 0 spiro atoms. The van der Waals surface area contributed by atoms with Crippen molar-refractivity contribution in [3.63, 3.8) is 0 Å². The van der Waals surface area contributed by atoms with Gasteiger partial charge in [0.05, 0.1) is 31.1 Å². The summed E-state index contributed by atoms with van der Waals surface area (Å²) in [6.45, 7) is 5.79. The molecule has 1 atom stereocenters. The van der Waals surface area contributed by atoms with Crippen LogP contribution in [0.25, 0.3) is 0 Å². The molecule has 1 aliphatic rings. The van der Waals surface area contributed by atoms with E-state index in [1.807, 2.05) is 6.20 Å². The summed E-state index contributed by atoms with van der Waals surface area (Å²) in [7, 11) is 0. The van der Waals surface area contributed by atoms with Crippen LogP contribution in [-0.2, 0) is 11.2 Å². The molecule has 0 bridgehead atoms. The minimum Gasteiger partial charge on any atom is -0.378 e. The number of benzene rings is 1. The van der Waals surface area contributed by atoms with E-state index in [0.717, 1.165) is 32.7 Å². The zero-order valence-electron chi connectivity index (χ0n) is 12.6. The van der Waals surface area contributed by atoms with E-state index in [0.29, 0.717) is 6.04 Å². The molecule has 1 aliphatic heterocycles. The number of nitrogens with one attached hydrogen (secondary N) is 1. The molecule has 1 fully saturated rings. The lowest BCUT2D eigenvalue weighted by molar-refractivity contribution is -0.0106. The molecule has 0 radical (unpaired) electrons. The van der Waals surface area contributed by atoms with Gasteiger partial charge in [-0.1, -0.05) is 30.3 Å². The highest BCUT2D eigenvalue weighted by molar-refractivity contribution is 5.19. The number of aromatic amines is 1. The van der Waals surface area contributed by atoms with E-state index in [9.17, 15) is 0 Å². The van der Waals surface area contributed by atoms with Crippen molar-refractivity contribution >= 4 is 0 Å². The van der Waals surface area contributed by atoms with Gasteiger partial charge in [-0.05, 0) is 37.4 Å². The van der Waals surface area contributed by atoms with E-state index < -0.39 is 0 Å². The molecule has 1 saturated heterocycles. The molecule has 2 aromatic rings. The van der Waals surface area contributed by atoms with Crippen LogP contribution < -0.4 is 0 Å². The molecule has 3 rings (SSSR count). The molecule has 0 aliphatic carbocycles. The third-order valence-corrected chi connectivity index (χ3v) is 4.19. The highest BCUT2D eigenvalue weighted by atomic mass is 16.5. The second kappa shape index (κ2) is 6.87. The Morgan fingerprint density at radius 1 is 1.33 bits per heavy atom. The highest BCUT2D eigenvalue weighted by Gasteiger charge is 2.26. The fourth-order valence-electron chi connectivity index (χ4n) is 3.00. The Morgan fingerprint density at radius 2 is 2.19 bits per heavy atom. The summed E-state index contributed by atoms with van der Waals surface area (Å²) >= 11 is 0. The molecule has 112 valence electrons. The first kappa shape index (κ1) is 14.3. The van der Waals surface area contributed by atoms with Gasteiger partial charge in [-0.3, -0.25) is 10.00 Å². The number of hydrogen-bond acceptors (Lipinski definition) is 3. The maximum Gasteiger partial charge on any atom is 0.0755 e. The summed E-state index contributed by atoms with van der Waals surface area (Å²) in [6.07, 6.45) is 4.20. The van der Waals surface area contributed by atoms with Gasteiger partial charge >= 0.3 is 0 Å². The quantitative estimate of drug-likeness (QED) is 0.918. The van der Waals surface area contributed by atoms with Crippen LogP contribution in [0.5, 0.6) is 0 Å². The summed E-state index contributed by atoms with van der Waals surface area (Å²) in [5.41, 5.74) is 3.84. The Bertz CT molecular complexity index is 552. The standard InChI is InChI=1S/C17H23N3O/c1-14-12-18-19-17(14)16-13-21-11-10-20(16)9-5-8-15-6-3-2-4-7-15/h2-4,6-7,12,16H,5,8-11,13H2,1H3,(H,18,19)/t16-/m1/s1. The van der Waals surface area contributed by atoms with Crippen LogP contribution in [0.4, 0.5) is 0 Å². The first-order valence-electron chi connectivity index (χ1n) is 7.70. The zero-order chi connectivity index (χ0) is 14.5. The summed E-state index contributed by atoms with van der Waals surface area (Å²) in [5.74, 6) is 0. The first-order chi connectivity index (χ1) is 10.3. The van der Waals surface area contributed by atoms with Gasteiger partial charge in [0.2, 0.25) is 0 Å². The van der Waals surface area contributed by atoms with Crippen molar-refractivity contribution < 1.29 is 4.74 Å². The minimum absolute atomic E-state index is 0.317. The lowest BCUT2D eigenvalue weighted by Gasteiger charge is -2.35. The predicted molar refractivity (Wildman–Crippen MR) is 83.2 cm³/mol. The topological polar surface area (TPSA) is 41.1 Å². The SMILES string of the molecule is Cc1cn[nH]c1[C@H]1COCCN1CCCc1ccccc1. The van der Waals surface area contributed by atoms with Gasteiger partial charge in [0.15, 0.2) is 0 Å². The lowest BCUT2D eigenvalue weighted by Crippen LogP contribution is -2.40. The average Bonchev–Trinajstić information content (AvgIpc) is 2.95. The molecule has 0 amide bonds. The number of morpholine rings is 1. The molecule has 2 heterocycles. The van der Waals surface area contributed by atoms with Crippen molar-refractivity contribution in [1.29, 1.82) is 0 Å². The third kappa shape index (κ3) is 3.52. The number of aromatic nitrogens is 2. The van der Waals surface area contributed by atoms with Crippen LogP contribution in [0.2, 0.25) is 0 Å². The van der Waals surface area contributed by atoms with Crippen LogP contribution in [0.15, 0.2) is 36.5 Å². The number of hydrogen-bond donors (Lipinski definition) is 1. The van der Waals surface area contributed by atoms with Gasteiger partial charge in [0, 0.05) is 6.54 Å². The summed E-state index contributed by atoms with van der Waals surface area (Å²) in [6, 6.07) is 11.0. The second-order valence-corrected chi connectivity index (χ2v) is 5.68. The van der Waals surface area contributed by atoms with Crippen molar-refractivity contribution in [2.45, 2.75) is 25.8 Å². The van der Waals surface area contributed by atoms with Crippen molar-refractivity contribution in [2.75, 3.05) is 26.3 Å². The number of ether oxygens (including phenoxy) is 1. The van der Waals surface area contributed by atoms with Crippen LogP contribution in [-0.4, -0.2) is 41.4 Å². The largest absolute Gasteiger partial charge is 0.378 e. The van der Waals surface area contributed by atoms with Crippen molar-refractivity contribution in [1.82, 2.24) is 15.1 Å². The number of aryl methyl sites for hydroxylation is 2. The Balaban J connectivity index is 1.59. The Labute approximate surface area is 126 Å². The monoisotopic (exact) mass is 285 g/mol. The van der Waals surface area contributed by atoms with Crippen molar-refractivity contribution in [3.8, 4) is 0 Å². The van der Waals surface area contributed by atoms with Gasteiger partial charge in [-0.15, -0.1) is 0 Å². The van der Waals surface area contributed by atoms with E-state index in [1.54, 1.807) is 0 Å². The second-order valence-electron chi connectivity index (χ2n) is 5.68. The molecule has 1 aromatic heterocycles. The van der Waals surface area contributed by atoms with Crippen molar-refractivity contribution in [2.24, 2.45) is 0 Å². The van der Waals surface area contributed by atoms with Crippen LogP contribution in [0, 0.1) is 6.92 Å². The van der Waals surface area contributed by atoms with Crippen LogP contribution >= 0.6 is 0 Å². The maximum absolute atomic E-state index is 5.67. The molecular formula is C17H23N3O. The van der Waals surface area contributed by atoms with E-state index in [-0.39, 0.29) is 0 Å². The Hall–Kier alpha value is -1.65. The molecule has 0 saturated carbocycles. The zero-order valence-corrected chi connectivity index (χ0v) is 12.6. The van der Waals surface area contributed by atoms with Crippen molar-refractivity contribution in [3.05, 3.63) is 53.3 Å². The number of nitrogens with zero attached hydrogens (tertiary/aromatic N) is 2. The number of rotatable bonds is 5. The van der Waals surface area contributed by atoms with Gasteiger partial charge in [-0.25, -0.2) is 0 Å². The fraction of sp³-hybridized carbons (Fsp3) is 0.471. The number of H-pyrrole nitrogens is 1.